The highest BCUT2D eigenvalue weighted by Gasteiger charge is 2.33. The molecule has 1 N–H and O–H groups in total. The summed E-state index contributed by atoms with van der Waals surface area (Å²) >= 11 is 0. The van der Waals surface area contributed by atoms with E-state index in [4.69, 9.17) is 4.74 Å². The number of nitrogens with zero attached hydrogens (tertiary/aromatic N) is 1. The van der Waals surface area contributed by atoms with E-state index >= 15 is 0 Å². The van der Waals surface area contributed by atoms with Crippen molar-refractivity contribution in [1.29, 1.82) is 0 Å². The summed E-state index contributed by atoms with van der Waals surface area (Å²) in [6.45, 7) is 8.72. The van der Waals surface area contributed by atoms with Gasteiger partial charge in [0.2, 0.25) is 5.91 Å². The summed E-state index contributed by atoms with van der Waals surface area (Å²) in [4.78, 5) is 14.2. The topological polar surface area (TPSA) is 41.6 Å². The van der Waals surface area contributed by atoms with Crippen LogP contribution >= 0.6 is 12.4 Å². The number of carbonyl (C=O) groups excluding carboxylic acids is 1. The molecule has 0 saturated carbocycles. The molecule has 2 aliphatic rings. The molecule has 2 saturated heterocycles. The van der Waals surface area contributed by atoms with Crippen LogP contribution in [0, 0.1) is 0 Å². The van der Waals surface area contributed by atoms with Crippen LogP contribution in [0.1, 0.15) is 46.5 Å². The minimum absolute atomic E-state index is 0. The predicted molar refractivity (Wildman–Crippen MR) is 78.7 cm³/mol. The van der Waals surface area contributed by atoms with Gasteiger partial charge >= 0.3 is 0 Å². The summed E-state index contributed by atoms with van der Waals surface area (Å²) in [7, 11) is 0. The van der Waals surface area contributed by atoms with Crippen molar-refractivity contribution in [1.82, 2.24) is 10.2 Å². The van der Waals surface area contributed by atoms with E-state index in [9.17, 15) is 4.79 Å². The molecule has 4 nitrogen and oxygen atoms in total. The molecule has 0 aromatic carbocycles. The van der Waals surface area contributed by atoms with Gasteiger partial charge in [0.25, 0.3) is 0 Å². The SMILES string of the molecule is CC1CN(C(=O)CCC2CCCN2)CC(C)(C)O1.Cl. The lowest BCUT2D eigenvalue weighted by Crippen LogP contribution is -2.53. The zero-order chi connectivity index (χ0) is 13.2. The van der Waals surface area contributed by atoms with Crippen molar-refractivity contribution in [2.24, 2.45) is 0 Å². The lowest BCUT2D eigenvalue weighted by atomic mass is 10.0. The van der Waals surface area contributed by atoms with E-state index in [1.807, 2.05) is 11.8 Å². The first-order valence-corrected chi connectivity index (χ1v) is 7.15. The molecule has 2 heterocycles. The maximum atomic E-state index is 12.2. The van der Waals surface area contributed by atoms with Crippen LogP contribution in [0.3, 0.4) is 0 Å². The third-order valence-electron chi connectivity index (χ3n) is 3.79. The fourth-order valence-corrected chi connectivity index (χ4v) is 3.10. The maximum Gasteiger partial charge on any atom is 0.222 e. The van der Waals surface area contributed by atoms with Crippen molar-refractivity contribution in [3.05, 3.63) is 0 Å². The van der Waals surface area contributed by atoms with E-state index < -0.39 is 0 Å². The Morgan fingerprint density at radius 1 is 1.47 bits per heavy atom. The van der Waals surface area contributed by atoms with E-state index in [2.05, 4.69) is 19.2 Å². The summed E-state index contributed by atoms with van der Waals surface area (Å²) in [5.41, 5.74) is -0.209. The molecule has 2 atom stereocenters. The molecule has 2 rings (SSSR count). The largest absolute Gasteiger partial charge is 0.369 e. The van der Waals surface area contributed by atoms with Crippen LogP contribution in [0.2, 0.25) is 0 Å². The van der Waals surface area contributed by atoms with Crippen molar-refractivity contribution < 1.29 is 9.53 Å². The van der Waals surface area contributed by atoms with Gasteiger partial charge in [0.1, 0.15) is 0 Å². The molecule has 0 radical (unpaired) electrons. The molecule has 2 unspecified atom stereocenters. The Hall–Kier alpha value is -0.320. The van der Waals surface area contributed by atoms with Gasteiger partial charge in [-0.25, -0.2) is 0 Å². The van der Waals surface area contributed by atoms with Crippen LogP contribution in [0.25, 0.3) is 0 Å². The van der Waals surface area contributed by atoms with Crippen molar-refractivity contribution in [3.8, 4) is 0 Å². The van der Waals surface area contributed by atoms with Crippen LogP contribution in [-0.2, 0) is 9.53 Å². The molecule has 0 aromatic rings. The number of halogens is 1. The van der Waals surface area contributed by atoms with Crippen molar-refractivity contribution in [2.45, 2.75) is 64.2 Å². The van der Waals surface area contributed by atoms with Crippen molar-refractivity contribution >= 4 is 18.3 Å². The Bertz CT molecular complexity index is 304. The third-order valence-corrected chi connectivity index (χ3v) is 3.79. The average Bonchev–Trinajstić information content (AvgIpc) is 2.75. The first-order valence-electron chi connectivity index (χ1n) is 7.15. The van der Waals surface area contributed by atoms with E-state index in [0.29, 0.717) is 19.0 Å². The van der Waals surface area contributed by atoms with Gasteiger partial charge in [0, 0.05) is 25.6 Å². The van der Waals surface area contributed by atoms with E-state index in [1.165, 1.54) is 12.8 Å². The fourth-order valence-electron chi connectivity index (χ4n) is 3.10. The van der Waals surface area contributed by atoms with Gasteiger partial charge in [-0.1, -0.05) is 0 Å². The standard InChI is InChI=1S/C14H26N2O2.ClH/c1-11-9-16(10-14(2,3)18-11)13(17)7-6-12-5-4-8-15-12;/h11-12,15H,4-10H2,1-3H3;1H. The van der Waals surface area contributed by atoms with Gasteiger partial charge in [0.15, 0.2) is 0 Å². The lowest BCUT2D eigenvalue weighted by Gasteiger charge is -2.41. The van der Waals surface area contributed by atoms with Gasteiger partial charge in [-0.2, -0.15) is 0 Å². The number of hydrogen-bond donors (Lipinski definition) is 1. The minimum Gasteiger partial charge on any atom is -0.369 e. The third kappa shape index (κ3) is 4.93. The maximum absolute atomic E-state index is 12.2. The zero-order valence-electron chi connectivity index (χ0n) is 12.3. The number of amides is 1. The Kier molecular flexibility index (Phi) is 6.09. The second-order valence-corrected chi connectivity index (χ2v) is 6.29. The highest BCUT2D eigenvalue weighted by Crippen LogP contribution is 2.22. The second kappa shape index (κ2) is 6.91. The van der Waals surface area contributed by atoms with E-state index in [1.54, 1.807) is 0 Å². The second-order valence-electron chi connectivity index (χ2n) is 6.29. The summed E-state index contributed by atoms with van der Waals surface area (Å²) in [5, 5.41) is 3.44. The summed E-state index contributed by atoms with van der Waals surface area (Å²) < 4.78 is 5.83. The molecular formula is C14H27ClN2O2. The number of morpholine rings is 1. The zero-order valence-corrected chi connectivity index (χ0v) is 13.1. The molecule has 0 aromatic heterocycles. The van der Waals surface area contributed by atoms with Crippen LogP contribution in [0.15, 0.2) is 0 Å². The van der Waals surface area contributed by atoms with Gasteiger partial charge in [-0.15, -0.1) is 12.4 Å². The summed E-state index contributed by atoms with van der Waals surface area (Å²) in [6.07, 6.45) is 4.26. The molecular weight excluding hydrogens is 264 g/mol. The van der Waals surface area contributed by atoms with Crippen LogP contribution in [0.5, 0.6) is 0 Å². The van der Waals surface area contributed by atoms with Crippen LogP contribution in [0.4, 0.5) is 0 Å². The Morgan fingerprint density at radius 2 is 2.21 bits per heavy atom. The molecule has 19 heavy (non-hydrogen) atoms. The average molecular weight is 291 g/mol. The van der Waals surface area contributed by atoms with Crippen LogP contribution < -0.4 is 5.32 Å². The van der Waals surface area contributed by atoms with Crippen molar-refractivity contribution in [2.75, 3.05) is 19.6 Å². The van der Waals surface area contributed by atoms with E-state index in [0.717, 1.165) is 19.5 Å². The predicted octanol–water partition coefficient (Wildman–Crippen LogP) is 1.97. The number of carbonyl (C=O) groups is 1. The Balaban J connectivity index is 0.00000180. The molecule has 112 valence electrons. The minimum atomic E-state index is -0.209. The molecule has 0 bridgehead atoms. The number of rotatable bonds is 3. The monoisotopic (exact) mass is 290 g/mol. The van der Waals surface area contributed by atoms with Gasteiger partial charge < -0.3 is 15.0 Å². The molecule has 0 spiro atoms. The molecule has 2 aliphatic heterocycles. The number of hydrogen-bond acceptors (Lipinski definition) is 3. The van der Waals surface area contributed by atoms with Gasteiger partial charge in [0.05, 0.1) is 11.7 Å². The number of nitrogens with one attached hydrogen (secondary N) is 1. The highest BCUT2D eigenvalue weighted by molar-refractivity contribution is 5.85. The van der Waals surface area contributed by atoms with Gasteiger partial charge in [-0.3, -0.25) is 4.79 Å². The molecule has 1 amide bonds. The van der Waals surface area contributed by atoms with Gasteiger partial charge in [-0.05, 0) is 46.6 Å². The number of ether oxygens (including phenoxy) is 1. The molecule has 0 aliphatic carbocycles. The normalized spacial score (nSPS) is 29.9. The first-order chi connectivity index (χ1) is 8.46. The van der Waals surface area contributed by atoms with Crippen molar-refractivity contribution in [3.63, 3.8) is 0 Å². The smallest absolute Gasteiger partial charge is 0.222 e. The Labute approximate surface area is 122 Å². The first kappa shape index (κ1) is 16.7. The van der Waals surface area contributed by atoms with E-state index in [-0.39, 0.29) is 30.0 Å². The molecule has 5 heteroatoms. The van der Waals surface area contributed by atoms with Crippen LogP contribution in [-0.4, -0.2) is 48.2 Å². The highest BCUT2D eigenvalue weighted by atomic mass is 35.5. The fraction of sp³-hybridized carbons (Fsp3) is 0.929. The summed E-state index contributed by atoms with van der Waals surface area (Å²) in [5.74, 6) is 0.284. The molecule has 2 fully saturated rings. The summed E-state index contributed by atoms with van der Waals surface area (Å²) in [6, 6.07) is 0.556. The lowest BCUT2D eigenvalue weighted by molar-refractivity contribution is -0.158. The Morgan fingerprint density at radius 3 is 2.79 bits per heavy atom. The quantitative estimate of drug-likeness (QED) is 0.864.